The first-order chi connectivity index (χ1) is 5.11. The van der Waals surface area contributed by atoms with E-state index in [4.69, 9.17) is 10.3 Å². The van der Waals surface area contributed by atoms with Crippen molar-refractivity contribution in [3.05, 3.63) is 0 Å². The van der Waals surface area contributed by atoms with Gasteiger partial charge in [0.15, 0.2) is 6.16 Å². The van der Waals surface area contributed by atoms with Gasteiger partial charge in [0.05, 0.1) is 13.1 Å². The lowest BCUT2D eigenvalue weighted by Gasteiger charge is -2.17. The van der Waals surface area contributed by atoms with Crippen LogP contribution in [-0.4, -0.2) is 46.3 Å². The van der Waals surface area contributed by atoms with Gasteiger partial charge in [-0.25, -0.2) is 4.79 Å². The molecule has 2 unspecified atom stereocenters. The molecule has 0 spiro atoms. The van der Waals surface area contributed by atoms with Gasteiger partial charge in [-0.3, -0.25) is 0 Å². The zero-order valence-corrected chi connectivity index (χ0v) is 6.70. The van der Waals surface area contributed by atoms with Gasteiger partial charge in [-0.1, -0.05) is 4.57 Å². The van der Waals surface area contributed by atoms with E-state index in [9.17, 15) is 9.36 Å². The molecule has 0 aromatic carbocycles. The lowest BCUT2D eigenvalue weighted by Crippen LogP contribution is -2.39. The van der Waals surface area contributed by atoms with Crippen LogP contribution in [0.1, 0.15) is 0 Å². The summed E-state index contributed by atoms with van der Waals surface area (Å²) in [6.07, 6.45) is 0.267. The van der Waals surface area contributed by atoms with Crippen LogP contribution in [-0.2, 0) is 9.36 Å². The number of hydrogen-bond donors (Lipinski definition) is 2. The Kier molecular flexibility index (Phi) is 2.54. The number of carboxylic acids is 1. The van der Waals surface area contributed by atoms with Crippen molar-refractivity contribution in [2.45, 2.75) is 5.66 Å². The minimum atomic E-state index is -1.67. The molecule has 1 heterocycles. The molecule has 0 radical (unpaired) electrons. The van der Waals surface area contributed by atoms with Gasteiger partial charge in [0, 0.05) is 0 Å². The second-order valence-corrected chi connectivity index (χ2v) is 4.31. The topological polar surface area (TPSA) is 77.8 Å². The lowest BCUT2D eigenvalue weighted by atomic mass is 10.4. The smallest absolute Gasteiger partial charge is 0.357 e. The molecule has 0 aromatic heterocycles. The summed E-state index contributed by atoms with van der Waals surface area (Å²) in [6.45, 7) is 0.281. The van der Waals surface area contributed by atoms with Gasteiger partial charge >= 0.3 is 13.8 Å². The Hall–Kier alpha value is -0.510. The van der Waals surface area contributed by atoms with Crippen molar-refractivity contribution in [2.75, 3.05) is 19.3 Å². The number of carboxylic acid groups (broad SMARTS) is 1. The van der Waals surface area contributed by atoms with Crippen molar-refractivity contribution in [1.82, 2.24) is 5.06 Å². The maximum atomic E-state index is 11.0. The highest BCUT2D eigenvalue weighted by molar-refractivity contribution is 7.46. The van der Waals surface area contributed by atoms with Gasteiger partial charge in [0.2, 0.25) is 0 Å². The third kappa shape index (κ3) is 1.96. The molecule has 1 aliphatic heterocycles. The molecular weight excluding hydrogens is 169 g/mol. The van der Waals surface area contributed by atoms with Gasteiger partial charge in [-0.15, -0.1) is 0 Å². The Labute approximate surface area is 64.4 Å². The number of carbonyl (C=O) groups is 1. The van der Waals surface area contributed by atoms with Crippen LogP contribution in [0.3, 0.4) is 0 Å². The van der Waals surface area contributed by atoms with Crippen molar-refractivity contribution < 1.29 is 19.7 Å². The molecule has 62 valence electrons. The Bertz CT molecular complexity index is 195. The molecule has 1 aliphatic rings. The molecule has 1 rings (SSSR count). The predicted molar refractivity (Wildman–Crippen MR) is 37.3 cm³/mol. The average molecular weight is 178 g/mol. The zero-order valence-electron chi connectivity index (χ0n) is 5.80. The van der Waals surface area contributed by atoms with Gasteiger partial charge in [0.1, 0.15) is 0 Å². The molecule has 1 fully saturated rings. The minimum Gasteiger partial charge on any atom is -0.478 e. The van der Waals surface area contributed by atoms with Crippen LogP contribution in [0.5, 0.6) is 0 Å². The number of hydroxylamine groups is 2. The number of rotatable bonds is 1. The fourth-order valence-electron chi connectivity index (χ4n) is 0.953. The van der Waals surface area contributed by atoms with E-state index >= 15 is 0 Å². The highest BCUT2D eigenvalue weighted by atomic mass is 31.1. The molecule has 0 saturated carbocycles. The fourth-order valence-corrected chi connectivity index (χ4v) is 2.31. The summed E-state index contributed by atoms with van der Waals surface area (Å²) in [6, 6.07) is 0. The molecule has 5 nitrogen and oxygen atoms in total. The second-order valence-electron chi connectivity index (χ2n) is 2.41. The number of nitrogens with zero attached hydrogens (tertiary/aromatic N) is 1. The largest absolute Gasteiger partial charge is 0.478 e. The van der Waals surface area contributed by atoms with Crippen LogP contribution in [0.25, 0.3) is 0 Å². The summed E-state index contributed by atoms with van der Waals surface area (Å²) in [5.41, 5.74) is -0.899. The van der Waals surface area contributed by atoms with E-state index in [2.05, 4.69) is 0 Å². The molecule has 2 N–H and O–H groups in total. The highest BCUT2D eigenvalue weighted by Gasteiger charge is 2.42. The summed E-state index contributed by atoms with van der Waals surface area (Å²) in [5, 5.41) is 18.3. The van der Waals surface area contributed by atoms with Crippen LogP contribution in [0, 0.1) is 0 Å². The molecule has 2 atom stereocenters. The van der Waals surface area contributed by atoms with Crippen LogP contribution in [0.2, 0.25) is 0 Å². The summed E-state index contributed by atoms with van der Waals surface area (Å²) in [4.78, 5) is 10.4. The standard InChI is InChI=1S/C5H8NO4P/c7-5(8)4-3-6(9)1-2-11(4)10/h4,9H,1-3H2/p+1. The molecule has 11 heavy (non-hydrogen) atoms. The minimum absolute atomic E-state index is 0.0233. The third-order valence-electron chi connectivity index (χ3n) is 1.59. The monoisotopic (exact) mass is 178 g/mol. The number of hydrogen-bond acceptors (Lipinski definition) is 4. The lowest BCUT2D eigenvalue weighted by molar-refractivity contribution is -0.141. The van der Waals surface area contributed by atoms with Crippen LogP contribution in [0.4, 0.5) is 0 Å². The Morgan fingerprint density at radius 1 is 1.64 bits per heavy atom. The van der Waals surface area contributed by atoms with Crippen molar-refractivity contribution in [2.24, 2.45) is 0 Å². The Balaban J connectivity index is 2.61. The van der Waals surface area contributed by atoms with E-state index < -0.39 is 19.4 Å². The first-order valence-electron chi connectivity index (χ1n) is 3.21. The molecule has 0 aliphatic carbocycles. The van der Waals surface area contributed by atoms with Gasteiger partial charge in [0.25, 0.3) is 5.66 Å². The molecule has 6 heteroatoms. The van der Waals surface area contributed by atoms with Crippen molar-refractivity contribution >= 4 is 13.8 Å². The quantitative estimate of drug-likeness (QED) is 0.551. The third-order valence-corrected chi connectivity index (χ3v) is 3.32. The van der Waals surface area contributed by atoms with Gasteiger partial charge in [-0.2, -0.15) is 5.06 Å². The van der Waals surface area contributed by atoms with E-state index in [1.165, 1.54) is 0 Å². The van der Waals surface area contributed by atoms with Crippen LogP contribution >= 0.6 is 7.80 Å². The fraction of sp³-hybridized carbons (Fsp3) is 0.800. The first kappa shape index (κ1) is 8.59. The maximum absolute atomic E-state index is 11.0. The SMILES string of the molecule is O=C(O)C1CN(O)CC[P+]1=O. The molecular formula is C5H9NO4P+. The normalized spacial score (nSPS) is 30.3. The van der Waals surface area contributed by atoms with Crippen molar-refractivity contribution in [1.29, 1.82) is 0 Å². The predicted octanol–water partition coefficient (Wildman–Crippen LogP) is -0.0282. The second kappa shape index (κ2) is 3.26. The number of aliphatic carboxylic acids is 1. The van der Waals surface area contributed by atoms with Crippen molar-refractivity contribution in [3.8, 4) is 0 Å². The molecule has 1 saturated heterocycles. The average Bonchev–Trinajstić information content (AvgIpc) is 1.94. The van der Waals surface area contributed by atoms with Crippen LogP contribution < -0.4 is 0 Å². The molecule has 0 aromatic rings. The van der Waals surface area contributed by atoms with E-state index in [1.54, 1.807) is 0 Å². The van der Waals surface area contributed by atoms with Gasteiger partial charge in [-0.05, 0) is 0 Å². The zero-order chi connectivity index (χ0) is 8.43. The van der Waals surface area contributed by atoms with Gasteiger partial charge < -0.3 is 10.3 Å². The summed E-state index contributed by atoms with van der Waals surface area (Å²) in [7, 11) is -1.67. The molecule has 0 bridgehead atoms. The molecule has 0 amide bonds. The Morgan fingerprint density at radius 2 is 2.27 bits per heavy atom. The van der Waals surface area contributed by atoms with E-state index in [0.717, 1.165) is 5.06 Å². The van der Waals surface area contributed by atoms with E-state index in [-0.39, 0.29) is 12.7 Å². The Morgan fingerprint density at radius 3 is 2.73 bits per heavy atom. The van der Waals surface area contributed by atoms with Crippen LogP contribution in [0.15, 0.2) is 0 Å². The van der Waals surface area contributed by atoms with E-state index in [0.29, 0.717) is 6.54 Å². The summed E-state index contributed by atoms with van der Waals surface area (Å²) >= 11 is 0. The maximum Gasteiger partial charge on any atom is 0.357 e. The van der Waals surface area contributed by atoms with E-state index in [1.807, 2.05) is 0 Å². The first-order valence-corrected chi connectivity index (χ1v) is 4.73. The summed E-state index contributed by atoms with van der Waals surface area (Å²) < 4.78 is 11.0. The summed E-state index contributed by atoms with van der Waals surface area (Å²) in [5.74, 6) is -1.09. The highest BCUT2D eigenvalue weighted by Crippen LogP contribution is 2.31. The van der Waals surface area contributed by atoms with Crippen molar-refractivity contribution in [3.63, 3.8) is 0 Å².